The Balaban J connectivity index is 1.92. The highest BCUT2D eigenvalue weighted by atomic mass is 16.5. The van der Waals surface area contributed by atoms with Gasteiger partial charge in [0.25, 0.3) is 0 Å². The van der Waals surface area contributed by atoms with Crippen LogP contribution in [-0.2, 0) is 16.1 Å². The third kappa shape index (κ3) is 3.37. The Kier molecular flexibility index (Phi) is 5.15. The van der Waals surface area contributed by atoms with E-state index in [1.165, 1.54) is 0 Å². The number of primary amides is 1. The van der Waals surface area contributed by atoms with Gasteiger partial charge in [0.15, 0.2) is 0 Å². The molecule has 24 heavy (non-hydrogen) atoms. The molecule has 1 aromatic rings. The van der Waals surface area contributed by atoms with E-state index in [1.54, 1.807) is 12.1 Å². The summed E-state index contributed by atoms with van der Waals surface area (Å²) in [7, 11) is 0. The number of anilines is 1. The molecular weight excluding hydrogens is 308 g/mol. The fourth-order valence-corrected chi connectivity index (χ4v) is 3.01. The van der Waals surface area contributed by atoms with E-state index in [1.807, 2.05) is 32.9 Å². The lowest BCUT2D eigenvalue weighted by Crippen LogP contribution is -2.75. The molecule has 0 heterocycles. The predicted octanol–water partition coefficient (Wildman–Crippen LogP) is 1.33. The second-order valence-electron chi connectivity index (χ2n) is 6.71. The first-order valence-electron chi connectivity index (χ1n) is 8.05. The topological polar surface area (TPSA) is 119 Å². The van der Waals surface area contributed by atoms with E-state index < -0.39 is 17.0 Å². The number of ether oxygens (including phenoxy) is 1. The molecule has 2 unspecified atom stereocenters. The summed E-state index contributed by atoms with van der Waals surface area (Å²) < 4.78 is 5.64. The van der Waals surface area contributed by atoms with Gasteiger partial charge in [-0.3, -0.25) is 4.79 Å². The molecule has 1 aliphatic rings. The zero-order chi connectivity index (χ0) is 18.0. The lowest BCUT2D eigenvalue weighted by molar-refractivity contribution is -0.170. The summed E-state index contributed by atoms with van der Waals surface area (Å²) in [5.74, 6) is -0.178. The first-order chi connectivity index (χ1) is 11.2. The van der Waals surface area contributed by atoms with Gasteiger partial charge in [0, 0.05) is 30.7 Å². The molecule has 2 rings (SSSR count). The maximum atomic E-state index is 12.5. The number of carbonyl (C=O) groups is 2. The van der Waals surface area contributed by atoms with Crippen LogP contribution in [0.1, 0.15) is 32.8 Å². The first kappa shape index (κ1) is 18.2. The van der Waals surface area contributed by atoms with Crippen LogP contribution in [0, 0.1) is 5.41 Å². The Hall–Kier alpha value is -2.12. The third-order valence-corrected chi connectivity index (χ3v) is 4.91. The maximum Gasteiger partial charge on any atom is 0.316 e. The number of urea groups is 1. The summed E-state index contributed by atoms with van der Waals surface area (Å²) in [5.41, 5.74) is 11.6. The van der Waals surface area contributed by atoms with Crippen molar-refractivity contribution in [1.82, 2.24) is 5.32 Å². The van der Waals surface area contributed by atoms with Gasteiger partial charge in [-0.25, -0.2) is 4.79 Å². The highest BCUT2D eigenvalue weighted by molar-refractivity contribution is 5.89. The standard InChI is InChI=1S/C17H26N4O3/c1-4-24-13-9-17(19,16(13,2)3)14(22)20-10-11-5-7-12(8-6-11)21-15(18)23/h5-8,13H,4,9-10,19H2,1-3H3,(H,20,22)(H3,18,21,23). The average molecular weight is 334 g/mol. The summed E-state index contributed by atoms with van der Waals surface area (Å²) in [4.78, 5) is 23.3. The summed E-state index contributed by atoms with van der Waals surface area (Å²) in [6.07, 6.45) is 0.513. The monoisotopic (exact) mass is 334 g/mol. The van der Waals surface area contributed by atoms with Crippen LogP contribution in [0.5, 0.6) is 0 Å². The Labute approximate surface area is 142 Å². The normalized spacial score (nSPS) is 24.8. The van der Waals surface area contributed by atoms with Crippen molar-refractivity contribution >= 4 is 17.6 Å². The molecule has 0 aliphatic heterocycles. The van der Waals surface area contributed by atoms with E-state index in [0.29, 0.717) is 25.3 Å². The van der Waals surface area contributed by atoms with Crippen molar-refractivity contribution < 1.29 is 14.3 Å². The van der Waals surface area contributed by atoms with Gasteiger partial charge in [-0.05, 0) is 24.6 Å². The van der Waals surface area contributed by atoms with E-state index >= 15 is 0 Å². The van der Waals surface area contributed by atoms with E-state index in [0.717, 1.165) is 5.56 Å². The van der Waals surface area contributed by atoms with E-state index in [4.69, 9.17) is 16.2 Å². The summed E-state index contributed by atoms with van der Waals surface area (Å²) >= 11 is 0. The van der Waals surface area contributed by atoms with Crippen LogP contribution in [-0.4, -0.2) is 30.2 Å². The lowest BCUT2D eigenvalue weighted by atomic mass is 9.54. The molecule has 7 heteroatoms. The molecule has 3 amide bonds. The Bertz CT molecular complexity index is 615. The molecule has 0 radical (unpaired) electrons. The molecule has 1 aliphatic carbocycles. The van der Waals surface area contributed by atoms with Crippen LogP contribution >= 0.6 is 0 Å². The number of nitrogens with one attached hydrogen (secondary N) is 2. The van der Waals surface area contributed by atoms with Gasteiger partial charge in [0.1, 0.15) is 5.54 Å². The SMILES string of the molecule is CCOC1CC(N)(C(=O)NCc2ccc(NC(N)=O)cc2)C1(C)C. The minimum Gasteiger partial charge on any atom is -0.378 e. The first-order valence-corrected chi connectivity index (χ1v) is 8.05. The van der Waals surface area contributed by atoms with Crippen molar-refractivity contribution in [2.75, 3.05) is 11.9 Å². The Morgan fingerprint density at radius 1 is 1.29 bits per heavy atom. The van der Waals surface area contributed by atoms with Gasteiger partial charge < -0.3 is 26.8 Å². The summed E-state index contributed by atoms with van der Waals surface area (Å²) in [6.45, 7) is 6.83. The number of hydrogen-bond donors (Lipinski definition) is 4. The smallest absolute Gasteiger partial charge is 0.316 e. The average Bonchev–Trinajstić information content (AvgIpc) is 2.53. The minimum absolute atomic E-state index is 0.00240. The number of carbonyl (C=O) groups excluding carboxylic acids is 2. The maximum absolute atomic E-state index is 12.5. The van der Waals surface area contributed by atoms with Crippen molar-refractivity contribution in [3.8, 4) is 0 Å². The fourth-order valence-electron chi connectivity index (χ4n) is 3.01. The number of benzene rings is 1. The molecule has 2 atom stereocenters. The molecular formula is C17H26N4O3. The molecule has 0 saturated heterocycles. The van der Waals surface area contributed by atoms with Crippen molar-refractivity contribution in [2.45, 2.75) is 45.4 Å². The molecule has 1 saturated carbocycles. The van der Waals surface area contributed by atoms with Gasteiger partial charge in [0.2, 0.25) is 5.91 Å². The second-order valence-corrected chi connectivity index (χ2v) is 6.71. The largest absolute Gasteiger partial charge is 0.378 e. The molecule has 132 valence electrons. The van der Waals surface area contributed by atoms with Crippen molar-refractivity contribution in [2.24, 2.45) is 16.9 Å². The third-order valence-electron chi connectivity index (χ3n) is 4.91. The zero-order valence-corrected chi connectivity index (χ0v) is 14.4. The van der Waals surface area contributed by atoms with Crippen molar-refractivity contribution in [3.05, 3.63) is 29.8 Å². The summed E-state index contributed by atoms with van der Waals surface area (Å²) in [5, 5.41) is 5.37. The van der Waals surface area contributed by atoms with Crippen LogP contribution in [0.15, 0.2) is 24.3 Å². The molecule has 0 spiro atoms. The fraction of sp³-hybridized carbons (Fsp3) is 0.529. The Morgan fingerprint density at radius 2 is 1.92 bits per heavy atom. The zero-order valence-electron chi connectivity index (χ0n) is 14.4. The minimum atomic E-state index is -0.930. The van der Waals surface area contributed by atoms with Gasteiger partial charge in [0.05, 0.1) is 6.10 Å². The number of rotatable bonds is 6. The molecule has 1 aromatic carbocycles. The predicted molar refractivity (Wildman–Crippen MR) is 92.2 cm³/mol. The molecule has 6 N–H and O–H groups in total. The highest BCUT2D eigenvalue weighted by Crippen LogP contribution is 2.49. The van der Waals surface area contributed by atoms with E-state index in [9.17, 15) is 9.59 Å². The lowest BCUT2D eigenvalue weighted by Gasteiger charge is -2.57. The molecule has 7 nitrogen and oxygen atoms in total. The molecule has 0 aromatic heterocycles. The van der Waals surface area contributed by atoms with Crippen molar-refractivity contribution in [3.63, 3.8) is 0 Å². The van der Waals surface area contributed by atoms with Crippen LogP contribution in [0.2, 0.25) is 0 Å². The summed E-state index contributed by atoms with van der Waals surface area (Å²) in [6, 6.07) is 6.45. The second kappa shape index (κ2) is 6.78. The number of nitrogens with two attached hydrogens (primary N) is 2. The van der Waals surface area contributed by atoms with E-state index in [2.05, 4.69) is 10.6 Å². The highest BCUT2D eigenvalue weighted by Gasteiger charge is 2.62. The van der Waals surface area contributed by atoms with Gasteiger partial charge >= 0.3 is 6.03 Å². The van der Waals surface area contributed by atoms with Gasteiger partial charge in [-0.15, -0.1) is 0 Å². The number of amides is 3. The van der Waals surface area contributed by atoms with Crippen LogP contribution in [0.4, 0.5) is 10.5 Å². The van der Waals surface area contributed by atoms with Gasteiger partial charge in [-0.1, -0.05) is 26.0 Å². The van der Waals surface area contributed by atoms with Crippen LogP contribution in [0.3, 0.4) is 0 Å². The van der Waals surface area contributed by atoms with Crippen LogP contribution in [0.25, 0.3) is 0 Å². The van der Waals surface area contributed by atoms with Gasteiger partial charge in [-0.2, -0.15) is 0 Å². The quantitative estimate of drug-likeness (QED) is 0.627. The van der Waals surface area contributed by atoms with E-state index in [-0.39, 0.29) is 12.0 Å². The number of hydrogen-bond acceptors (Lipinski definition) is 4. The Morgan fingerprint density at radius 3 is 2.42 bits per heavy atom. The molecule has 0 bridgehead atoms. The van der Waals surface area contributed by atoms with Crippen molar-refractivity contribution in [1.29, 1.82) is 0 Å². The molecule has 1 fully saturated rings. The van der Waals surface area contributed by atoms with Crippen LogP contribution < -0.4 is 22.1 Å².